The number of tetrazole rings is 1. The number of benzene rings is 1. The number of fused-ring (bicyclic) bond motifs is 5. The van der Waals surface area contributed by atoms with Crippen molar-refractivity contribution in [3.8, 4) is 5.69 Å². The first kappa shape index (κ1) is 12.7. The fourth-order valence-electron chi connectivity index (χ4n) is 4.45. The Hall–Kier alpha value is -1.79. The van der Waals surface area contributed by atoms with E-state index in [1.807, 2.05) is 35.0 Å². The first-order chi connectivity index (χ1) is 10.9. The Kier molecular flexibility index (Phi) is 2.81. The van der Waals surface area contributed by atoms with E-state index in [1.165, 1.54) is 12.8 Å². The second-order valence-electron chi connectivity index (χ2n) is 6.65. The van der Waals surface area contributed by atoms with E-state index in [-0.39, 0.29) is 0 Å². The maximum absolute atomic E-state index is 6.04. The Bertz CT molecular complexity index is 654. The molecule has 0 spiro atoms. The van der Waals surface area contributed by atoms with Crippen LogP contribution in [0.4, 0.5) is 0 Å². The number of aromatic nitrogens is 4. The van der Waals surface area contributed by atoms with Crippen molar-refractivity contribution >= 4 is 0 Å². The molecule has 0 N–H and O–H groups in total. The molecule has 2 aromatic rings. The van der Waals surface area contributed by atoms with Crippen molar-refractivity contribution in [3.63, 3.8) is 0 Å². The predicted molar refractivity (Wildman–Crippen MR) is 79.3 cm³/mol. The van der Waals surface area contributed by atoms with Gasteiger partial charge in [0, 0.05) is 24.9 Å². The quantitative estimate of drug-likeness (QED) is 0.854. The zero-order chi connectivity index (χ0) is 14.5. The topological polar surface area (TPSA) is 56.1 Å². The van der Waals surface area contributed by atoms with Gasteiger partial charge < -0.3 is 4.74 Å². The molecule has 1 aromatic heterocycles. The first-order valence-electron chi connectivity index (χ1n) is 8.09. The van der Waals surface area contributed by atoms with Gasteiger partial charge in [-0.05, 0) is 35.4 Å². The highest BCUT2D eigenvalue weighted by Gasteiger charge is 2.52. The molecule has 5 rings (SSSR count). The fraction of sp³-hybridized carbons (Fsp3) is 0.562. The van der Waals surface area contributed by atoms with Crippen LogP contribution < -0.4 is 0 Å². The lowest BCUT2D eigenvalue weighted by atomic mass is 9.82. The molecule has 114 valence electrons. The molecular formula is C16H19N5O. The van der Waals surface area contributed by atoms with Gasteiger partial charge in [-0.1, -0.05) is 18.2 Å². The first-order valence-corrected chi connectivity index (χ1v) is 8.09. The average molecular weight is 297 g/mol. The number of rotatable bonds is 3. The monoisotopic (exact) mass is 297 g/mol. The average Bonchev–Trinajstić information content (AvgIpc) is 3.30. The number of likely N-dealkylation sites (tertiary alicyclic amines) is 1. The minimum absolute atomic E-state index is 0.505. The van der Waals surface area contributed by atoms with Gasteiger partial charge in [-0.2, -0.15) is 4.68 Å². The fourth-order valence-corrected chi connectivity index (χ4v) is 4.45. The summed E-state index contributed by atoms with van der Waals surface area (Å²) in [5.74, 6) is 2.36. The zero-order valence-corrected chi connectivity index (χ0v) is 12.4. The highest BCUT2D eigenvalue weighted by atomic mass is 16.5. The van der Waals surface area contributed by atoms with E-state index in [2.05, 4.69) is 20.4 Å². The molecule has 4 atom stereocenters. The number of hydrogen-bond acceptors (Lipinski definition) is 5. The third kappa shape index (κ3) is 1.90. The summed E-state index contributed by atoms with van der Waals surface area (Å²) in [5.41, 5.74) is 1.02. The summed E-state index contributed by atoms with van der Waals surface area (Å²) in [5, 5.41) is 12.2. The smallest absolute Gasteiger partial charge is 0.170 e. The number of ether oxygens (including phenoxy) is 1. The SMILES string of the molecule is c1ccc(-n2nnnc2CN2C[C@H]3[C@H](C2)[C@H]2CC[C@H]3O2)cc1. The third-order valence-electron chi connectivity index (χ3n) is 5.43. The van der Waals surface area contributed by atoms with E-state index in [0.717, 1.165) is 43.0 Å². The van der Waals surface area contributed by atoms with Crippen molar-refractivity contribution < 1.29 is 4.74 Å². The predicted octanol–water partition coefficient (Wildman–Crippen LogP) is 1.27. The maximum Gasteiger partial charge on any atom is 0.170 e. The molecule has 3 aliphatic rings. The summed E-state index contributed by atoms with van der Waals surface area (Å²) in [6.07, 6.45) is 3.51. The van der Waals surface area contributed by atoms with Gasteiger partial charge in [-0.15, -0.1) is 5.10 Å². The molecule has 2 bridgehead atoms. The van der Waals surface area contributed by atoms with Crippen molar-refractivity contribution in [1.82, 2.24) is 25.1 Å². The summed E-state index contributed by atoms with van der Waals surface area (Å²) < 4.78 is 7.89. The molecule has 0 amide bonds. The third-order valence-corrected chi connectivity index (χ3v) is 5.43. The van der Waals surface area contributed by atoms with Crippen LogP contribution in [0, 0.1) is 11.8 Å². The van der Waals surface area contributed by atoms with Crippen LogP contribution in [-0.2, 0) is 11.3 Å². The van der Waals surface area contributed by atoms with Gasteiger partial charge >= 0.3 is 0 Å². The minimum atomic E-state index is 0.505. The molecule has 0 saturated carbocycles. The standard InChI is InChI=1S/C16H19N5O/c1-2-4-11(5-3-1)21-16(17-18-19-21)10-20-8-12-13(9-20)15-7-6-14(12)22-15/h1-5,12-15H,6-10H2/t12-,13-,14+,15+/m0/s1. The van der Waals surface area contributed by atoms with Crippen LogP contribution in [0.25, 0.3) is 5.69 Å². The van der Waals surface area contributed by atoms with E-state index in [9.17, 15) is 0 Å². The van der Waals surface area contributed by atoms with E-state index < -0.39 is 0 Å². The highest BCUT2D eigenvalue weighted by Crippen LogP contribution is 2.47. The Labute approximate surface area is 129 Å². The van der Waals surface area contributed by atoms with E-state index in [0.29, 0.717) is 12.2 Å². The lowest BCUT2D eigenvalue weighted by Gasteiger charge is -2.18. The summed E-state index contributed by atoms with van der Waals surface area (Å²) in [7, 11) is 0. The molecule has 4 heterocycles. The second kappa shape index (κ2) is 4.86. The summed E-state index contributed by atoms with van der Waals surface area (Å²) in [6.45, 7) is 3.05. The minimum Gasteiger partial charge on any atom is -0.374 e. The zero-order valence-electron chi connectivity index (χ0n) is 12.4. The molecule has 3 saturated heterocycles. The van der Waals surface area contributed by atoms with Crippen LogP contribution in [0.2, 0.25) is 0 Å². The molecule has 3 aliphatic heterocycles. The molecule has 6 heteroatoms. The van der Waals surface area contributed by atoms with Gasteiger partial charge in [-0.3, -0.25) is 4.90 Å². The van der Waals surface area contributed by atoms with Gasteiger partial charge in [0.2, 0.25) is 0 Å². The normalized spacial score (nSPS) is 33.5. The van der Waals surface area contributed by atoms with Gasteiger partial charge in [0.25, 0.3) is 0 Å². The van der Waals surface area contributed by atoms with E-state index in [1.54, 1.807) is 0 Å². The molecule has 0 unspecified atom stereocenters. The molecule has 0 radical (unpaired) electrons. The Morgan fingerprint density at radius 3 is 2.50 bits per heavy atom. The lowest BCUT2D eigenvalue weighted by Crippen LogP contribution is -2.26. The van der Waals surface area contributed by atoms with Crippen LogP contribution in [0.1, 0.15) is 18.7 Å². The van der Waals surface area contributed by atoms with Gasteiger partial charge in [0.15, 0.2) is 5.82 Å². The van der Waals surface area contributed by atoms with Gasteiger partial charge in [-0.25, -0.2) is 0 Å². The number of para-hydroxylation sites is 1. The van der Waals surface area contributed by atoms with E-state index in [4.69, 9.17) is 4.74 Å². The van der Waals surface area contributed by atoms with Crippen molar-refractivity contribution in [2.75, 3.05) is 13.1 Å². The molecule has 3 fully saturated rings. The number of nitrogens with zero attached hydrogens (tertiary/aromatic N) is 5. The molecule has 1 aromatic carbocycles. The van der Waals surface area contributed by atoms with Crippen LogP contribution in [0.5, 0.6) is 0 Å². The molecule has 22 heavy (non-hydrogen) atoms. The Morgan fingerprint density at radius 1 is 1.05 bits per heavy atom. The van der Waals surface area contributed by atoms with Crippen LogP contribution in [-0.4, -0.2) is 50.4 Å². The van der Waals surface area contributed by atoms with Crippen LogP contribution in [0.3, 0.4) is 0 Å². The second-order valence-corrected chi connectivity index (χ2v) is 6.65. The van der Waals surface area contributed by atoms with Crippen molar-refractivity contribution in [2.24, 2.45) is 11.8 Å². The summed E-state index contributed by atoms with van der Waals surface area (Å²) in [6, 6.07) is 10.1. The Balaban J connectivity index is 1.35. The lowest BCUT2D eigenvalue weighted by molar-refractivity contribution is 0.0693. The molecule has 0 aliphatic carbocycles. The van der Waals surface area contributed by atoms with E-state index >= 15 is 0 Å². The Morgan fingerprint density at radius 2 is 1.77 bits per heavy atom. The molecular weight excluding hydrogens is 278 g/mol. The van der Waals surface area contributed by atoms with Crippen molar-refractivity contribution in [3.05, 3.63) is 36.2 Å². The maximum atomic E-state index is 6.04. The highest BCUT2D eigenvalue weighted by molar-refractivity contribution is 5.30. The largest absolute Gasteiger partial charge is 0.374 e. The summed E-state index contributed by atoms with van der Waals surface area (Å²) >= 11 is 0. The van der Waals surface area contributed by atoms with Crippen LogP contribution >= 0.6 is 0 Å². The number of hydrogen-bond donors (Lipinski definition) is 0. The summed E-state index contributed by atoms with van der Waals surface area (Å²) in [4.78, 5) is 2.49. The molecule has 6 nitrogen and oxygen atoms in total. The van der Waals surface area contributed by atoms with Crippen molar-refractivity contribution in [2.45, 2.75) is 31.6 Å². The van der Waals surface area contributed by atoms with Gasteiger partial charge in [0.05, 0.1) is 24.4 Å². The van der Waals surface area contributed by atoms with Crippen molar-refractivity contribution in [1.29, 1.82) is 0 Å². The van der Waals surface area contributed by atoms with Crippen LogP contribution in [0.15, 0.2) is 30.3 Å². The van der Waals surface area contributed by atoms with Gasteiger partial charge in [0.1, 0.15) is 0 Å².